The minimum absolute atomic E-state index is 0.0999. The third-order valence-corrected chi connectivity index (χ3v) is 1.09. The second-order valence-electron chi connectivity index (χ2n) is 2.19. The van der Waals surface area contributed by atoms with E-state index in [0.717, 1.165) is 6.08 Å². The number of carboxylic acids is 1. The fourth-order valence-electron chi connectivity index (χ4n) is 0.545. The Morgan fingerprint density at radius 3 is 2.30 bits per heavy atom. The molecule has 0 fully saturated rings. The SMILES string of the molecule is CC(C)/C(=C/C#N)C(=O)O. The van der Waals surface area contributed by atoms with Crippen LogP contribution in [0.3, 0.4) is 0 Å². The minimum Gasteiger partial charge on any atom is -0.478 e. The van der Waals surface area contributed by atoms with Crippen LogP contribution >= 0.6 is 0 Å². The topological polar surface area (TPSA) is 61.1 Å². The van der Waals surface area contributed by atoms with Gasteiger partial charge >= 0.3 is 5.97 Å². The summed E-state index contributed by atoms with van der Waals surface area (Å²) in [6, 6.07) is 1.69. The fourth-order valence-corrected chi connectivity index (χ4v) is 0.545. The molecule has 0 heterocycles. The average molecular weight is 139 g/mol. The van der Waals surface area contributed by atoms with Crippen molar-refractivity contribution in [3.05, 3.63) is 11.6 Å². The van der Waals surface area contributed by atoms with E-state index < -0.39 is 5.97 Å². The Kier molecular flexibility index (Phi) is 3.20. The van der Waals surface area contributed by atoms with E-state index in [1.54, 1.807) is 19.9 Å². The highest BCUT2D eigenvalue weighted by Crippen LogP contribution is 2.07. The number of carboxylic acid groups (broad SMARTS) is 1. The van der Waals surface area contributed by atoms with E-state index in [2.05, 4.69) is 0 Å². The number of hydrogen-bond acceptors (Lipinski definition) is 2. The van der Waals surface area contributed by atoms with Crippen LogP contribution in [0.5, 0.6) is 0 Å². The number of nitrogens with zero attached hydrogens (tertiary/aromatic N) is 1. The van der Waals surface area contributed by atoms with Gasteiger partial charge in [-0.15, -0.1) is 0 Å². The van der Waals surface area contributed by atoms with Gasteiger partial charge in [-0.1, -0.05) is 13.8 Å². The van der Waals surface area contributed by atoms with Crippen LogP contribution in [0.15, 0.2) is 11.6 Å². The van der Waals surface area contributed by atoms with E-state index in [9.17, 15) is 4.79 Å². The first-order valence-corrected chi connectivity index (χ1v) is 2.92. The van der Waals surface area contributed by atoms with Gasteiger partial charge in [0.15, 0.2) is 0 Å². The van der Waals surface area contributed by atoms with Crippen LogP contribution in [-0.4, -0.2) is 11.1 Å². The van der Waals surface area contributed by atoms with E-state index in [0.29, 0.717) is 0 Å². The van der Waals surface area contributed by atoms with Crippen molar-refractivity contribution in [3.8, 4) is 6.07 Å². The zero-order valence-corrected chi connectivity index (χ0v) is 5.96. The summed E-state index contributed by atoms with van der Waals surface area (Å²) in [7, 11) is 0. The monoisotopic (exact) mass is 139 g/mol. The molecule has 0 radical (unpaired) electrons. The van der Waals surface area contributed by atoms with Crippen molar-refractivity contribution >= 4 is 5.97 Å². The summed E-state index contributed by atoms with van der Waals surface area (Å²) in [6.07, 6.45) is 1.06. The molecular formula is C7H9NO2. The zero-order valence-electron chi connectivity index (χ0n) is 5.96. The molecule has 54 valence electrons. The average Bonchev–Trinajstić information content (AvgIpc) is 1.81. The molecule has 1 N–H and O–H groups in total. The van der Waals surface area contributed by atoms with Gasteiger partial charge in [0.25, 0.3) is 0 Å². The van der Waals surface area contributed by atoms with Gasteiger partial charge in [-0.25, -0.2) is 4.79 Å². The quantitative estimate of drug-likeness (QED) is 0.461. The molecular weight excluding hydrogens is 130 g/mol. The predicted molar refractivity (Wildman–Crippen MR) is 36.2 cm³/mol. The first-order valence-electron chi connectivity index (χ1n) is 2.92. The van der Waals surface area contributed by atoms with E-state index in [4.69, 9.17) is 10.4 Å². The van der Waals surface area contributed by atoms with Gasteiger partial charge in [0, 0.05) is 11.6 Å². The molecule has 0 aromatic heterocycles. The van der Waals surface area contributed by atoms with Crippen molar-refractivity contribution < 1.29 is 9.90 Å². The second kappa shape index (κ2) is 3.67. The summed E-state index contributed by atoms with van der Waals surface area (Å²) in [5.74, 6) is -1.12. The Balaban J connectivity index is 4.47. The van der Waals surface area contributed by atoms with Crippen LogP contribution < -0.4 is 0 Å². The van der Waals surface area contributed by atoms with E-state index in [1.165, 1.54) is 0 Å². The second-order valence-corrected chi connectivity index (χ2v) is 2.19. The first-order chi connectivity index (χ1) is 4.59. The van der Waals surface area contributed by atoms with Crippen molar-refractivity contribution in [1.29, 1.82) is 5.26 Å². The third kappa shape index (κ3) is 2.31. The van der Waals surface area contributed by atoms with Gasteiger partial charge in [0.2, 0.25) is 0 Å². The lowest BCUT2D eigenvalue weighted by molar-refractivity contribution is -0.133. The van der Waals surface area contributed by atoms with E-state index >= 15 is 0 Å². The number of allylic oxidation sites excluding steroid dienone is 1. The number of carbonyl (C=O) groups is 1. The van der Waals surface area contributed by atoms with Crippen LogP contribution in [0.4, 0.5) is 0 Å². The van der Waals surface area contributed by atoms with Gasteiger partial charge < -0.3 is 5.11 Å². The van der Waals surface area contributed by atoms with Crippen molar-refractivity contribution in [3.63, 3.8) is 0 Å². The highest BCUT2D eigenvalue weighted by atomic mass is 16.4. The number of aliphatic carboxylic acids is 1. The molecule has 0 aliphatic heterocycles. The smallest absolute Gasteiger partial charge is 0.332 e. The lowest BCUT2D eigenvalue weighted by atomic mass is 10.0. The van der Waals surface area contributed by atoms with Crippen molar-refractivity contribution in [1.82, 2.24) is 0 Å². The van der Waals surface area contributed by atoms with Crippen molar-refractivity contribution in [2.75, 3.05) is 0 Å². The summed E-state index contributed by atoms with van der Waals surface area (Å²) >= 11 is 0. The summed E-state index contributed by atoms with van der Waals surface area (Å²) in [4.78, 5) is 10.3. The molecule has 0 bridgehead atoms. The molecule has 10 heavy (non-hydrogen) atoms. The van der Waals surface area contributed by atoms with Gasteiger partial charge in [-0.3, -0.25) is 0 Å². The third-order valence-electron chi connectivity index (χ3n) is 1.09. The fraction of sp³-hybridized carbons (Fsp3) is 0.429. The molecule has 0 amide bonds. The lowest BCUT2D eigenvalue weighted by Crippen LogP contribution is -2.06. The Labute approximate surface area is 59.6 Å². The maximum absolute atomic E-state index is 10.3. The Morgan fingerprint density at radius 1 is 1.70 bits per heavy atom. The summed E-state index contributed by atoms with van der Waals surface area (Å²) in [5.41, 5.74) is 0.155. The Bertz CT molecular complexity index is 198. The molecule has 0 aromatic carbocycles. The van der Waals surface area contributed by atoms with E-state index in [1.807, 2.05) is 0 Å². The summed E-state index contributed by atoms with van der Waals surface area (Å²) in [5, 5.41) is 16.6. The molecule has 0 saturated carbocycles. The highest BCUT2D eigenvalue weighted by Gasteiger charge is 2.10. The number of hydrogen-bond donors (Lipinski definition) is 1. The number of nitriles is 1. The van der Waals surface area contributed by atoms with E-state index in [-0.39, 0.29) is 11.5 Å². The molecule has 3 heteroatoms. The predicted octanol–water partition coefficient (Wildman–Crippen LogP) is 1.18. The maximum Gasteiger partial charge on any atom is 0.332 e. The zero-order chi connectivity index (χ0) is 8.15. The molecule has 0 aromatic rings. The lowest BCUT2D eigenvalue weighted by Gasteiger charge is -2.01. The molecule has 3 nitrogen and oxygen atoms in total. The van der Waals surface area contributed by atoms with Crippen molar-refractivity contribution in [2.24, 2.45) is 5.92 Å². The Hall–Kier alpha value is -1.30. The van der Waals surface area contributed by atoms with Gasteiger partial charge in [0.1, 0.15) is 0 Å². The normalized spacial score (nSPS) is 11.2. The molecule has 0 rings (SSSR count). The van der Waals surface area contributed by atoms with Crippen LogP contribution in [0.25, 0.3) is 0 Å². The summed E-state index contributed by atoms with van der Waals surface area (Å²) in [6.45, 7) is 3.47. The van der Waals surface area contributed by atoms with Crippen molar-refractivity contribution in [2.45, 2.75) is 13.8 Å². The van der Waals surface area contributed by atoms with Gasteiger partial charge in [-0.05, 0) is 5.92 Å². The molecule has 0 aliphatic rings. The minimum atomic E-state index is -1.02. The molecule has 0 aliphatic carbocycles. The number of rotatable bonds is 2. The van der Waals surface area contributed by atoms with Crippen LogP contribution in [0.1, 0.15) is 13.8 Å². The van der Waals surface area contributed by atoms with Gasteiger partial charge in [-0.2, -0.15) is 5.26 Å². The summed E-state index contributed by atoms with van der Waals surface area (Å²) < 4.78 is 0. The maximum atomic E-state index is 10.3. The molecule has 0 unspecified atom stereocenters. The molecule has 0 atom stereocenters. The molecule has 0 saturated heterocycles. The van der Waals surface area contributed by atoms with Crippen LogP contribution in [0, 0.1) is 17.2 Å². The van der Waals surface area contributed by atoms with Crippen LogP contribution in [-0.2, 0) is 4.79 Å². The highest BCUT2D eigenvalue weighted by molar-refractivity contribution is 5.87. The van der Waals surface area contributed by atoms with Gasteiger partial charge in [0.05, 0.1) is 6.07 Å². The largest absolute Gasteiger partial charge is 0.478 e. The van der Waals surface area contributed by atoms with Crippen LogP contribution in [0.2, 0.25) is 0 Å². The Morgan fingerprint density at radius 2 is 2.20 bits per heavy atom. The first kappa shape index (κ1) is 8.70. The standard InChI is InChI=1S/C7H9NO2/c1-5(2)6(3-4-8)7(9)10/h3,5H,1-2H3,(H,9,10)/b6-3-. The molecule has 0 spiro atoms.